The van der Waals surface area contributed by atoms with Gasteiger partial charge in [0.05, 0.1) is 0 Å². The normalized spacial score (nSPS) is 19.7. The molecule has 1 rings (SSSR count). The molecule has 1 aliphatic heterocycles. The summed E-state index contributed by atoms with van der Waals surface area (Å²) >= 11 is 0. The van der Waals surface area contributed by atoms with E-state index in [9.17, 15) is 24.1 Å². The molecule has 0 spiro atoms. The monoisotopic (exact) mass is 475 g/mol. The molecule has 0 amide bonds. The summed E-state index contributed by atoms with van der Waals surface area (Å²) in [7, 11) is -2.18. The van der Waals surface area contributed by atoms with Gasteiger partial charge in [0.2, 0.25) is 5.78 Å². The van der Waals surface area contributed by atoms with Gasteiger partial charge in [0.15, 0.2) is 12.8 Å². The van der Waals surface area contributed by atoms with E-state index in [0.29, 0.717) is 6.42 Å². The molecule has 0 aromatic rings. The fourth-order valence-electron chi connectivity index (χ4n) is 3.65. The molecule has 9 heteroatoms. The molecule has 32 heavy (non-hydrogen) atoms. The minimum atomic E-state index is -2.18. The van der Waals surface area contributed by atoms with Gasteiger partial charge in [-0.1, -0.05) is 84.0 Å². The van der Waals surface area contributed by atoms with Crippen LogP contribution >= 0.6 is 8.03 Å². The maximum Gasteiger partial charge on any atom is 0.506 e. The Balaban J connectivity index is 2.02. The zero-order chi connectivity index (χ0) is 23.8. The van der Waals surface area contributed by atoms with Crippen LogP contribution in [0.5, 0.6) is 0 Å². The number of aliphatic hydroxyl groups is 1. The minimum absolute atomic E-state index is 0.241. The number of hydrogen-bond donors (Lipinski definition) is 1. The highest BCUT2D eigenvalue weighted by Crippen LogP contribution is 2.26. The van der Waals surface area contributed by atoms with Crippen LogP contribution < -0.4 is 0 Å². The summed E-state index contributed by atoms with van der Waals surface area (Å²) in [6.07, 6.45) is 11.5. The van der Waals surface area contributed by atoms with Crippen molar-refractivity contribution in [1.29, 1.82) is 0 Å². The molecule has 8 nitrogen and oxygen atoms in total. The number of Topliss-reactive ketones (excluding diaryl/α,β-unsaturated/α-hetero) is 1. The Labute approximate surface area is 192 Å². The smallest absolute Gasteiger partial charge is 0.463 e. The van der Waals surface area contributed by atoms with Crippen LogP contribution in [0.25, 0.3) is 0 Å². The third-order valence-electron chi connectivity index (χ3n) is 5.50. The number of carbonyl (C=O) groups excluding carboxylic acids is 3. The van der Waals surface area contributed by atoms with Gasteiger partial charge in [-0.05, 0) is 11.0 Å². The molecule has 1 aliphatic rings. The number of unbranched alkanes of at least 4 members (excludes halogenated alkanes) is 12. The molecule has 0 aromatic heterocycles. The van der Waals surface area contributed by atoms with Crippen LogP contribution in [-0.4, -0.2) is 54.4 Å². The van der Waals surface area contributed by atoms with Crippen molar-refractivity contribution >= 4 is 25.7 Å². The van der Waals surface area contributed by atoms with Gasteiger partial charge in [-0.15, -0.1) is 4.52 Å². The second kappa shape index (κ2) is 17.2. The van der Waals surface area contributed by atoms with Crippen LogP contribution in [0.15, 0.2) is 0 Å². The summed E-state index contributed by atoms with van der Waals surface area (Å²) in [6.45, 7) is 2.99. The van der Waals surface area contributed by atoms with Crippen molar-refractivity contribution in [3.05, 3.63) is 0 Å². The standard InChI is InChI=1S/C23H40O8P/c1-3-4-5-6-7-8-9-10-11-12-13-14-15-16-19(25)29-17-18(24)21-20(26)22(23(27)30-21)31-32(2)28/h18,21-22,24H,3-17H2,1-2H3/q+1. The van der Waals surface area contributed by atoms with Crippen molar-refractivity contribution in [3.63, 3.8) is 0 Å². The number of esters is 2. The van der Waals surface area contributed by atoms with Crippen molar-refractivity contribution in [1.82, 2.24) is 0 Å². The lowest BCUT2D eigenvalue weighted by Crippen LogP contribution is -2.38. The van der Waals surface area contributed by atoms with Crippen molar-refractivity contribution in [2.45, 2.75) is 115 Å². The number of hydrogen-bond acceptors (Lipinski definition) is 8. The Morgan fingerprint density at radius 3 is 1.97 bits per heavy atom. The Morgan fingerprint density at radius 1 is 0.969 bits per heavy atom. The molecule has 4 atom stereocenters. The first-order valence-corrected chi connectivity index (χ1v) is 13.6. The lowest BCUT2D eigenvalue weighted by Gasteiger charge is -2.15. The minimum Gasteiger partial charge on any atom is -0.463 e. The molecular weight excluding hydrogens is 435 g/mol. The average molecular weight is 476 g/mol. The zero-order valence-electron chi connectivity index (χ0n) is 19.6. The first-order chi connectivity index (χ1) is 15.4. The van der Waals surface area contributed by atoms with E-state index in [0.717, 1.165) is 12.8 Å². The quantitative estimate of drug-likeness (QED) is 0.124. The first kappa shape index (κ1) is 28.7. The van der Waals surface area contributed by atoms with Gasteiger partial charge in [0.25, 0.3) is 6.10 Å². The van der Waals surface area contributed by atoms with Crippen LogP contribution in [0.1, 0.15) is 96.8 Å². The highest BCUT2D eigenvalue weighted by Gasteiger charge is 2.51. The van der Waals surface area contributed by atoms with E-state index < -0.39 is 50.7 Å². The van der Waals surface area contributed by atoms with Crippen LogP contribution in [0, 0.1) is 0 Å². The highest BCUT2D eigenvalue weighted by molar-refractivity contribution is 7.38. The van der Waals surface area contributed by atoms with Crippen LogP contribution in [0.4, 0.5) is 0 Å². The molecule has 1 fully saturated rings. The van der Waals surface area contributed by atoms with Crippen LogP contribution in [0.3, 0.4) is 0 Å². The molecule has 0 saturated carbocycles. The summed E-state index contributed by atoms with van der Waals surface area (Å²) < 4.78 is 25.6. The number of cyclic esters (lactones) is 1. The van der Waals surface area contributed by atoms with E-state index in [1.165, 1.54) is 70.9 Å². The number of rotatable bonds is 19. The maximum absolute atomic E-state index is 12.0. The summed E-state index contributed by atoms with van der Waals surface area (Å²) in [5.74, 6) is -2.28. The molecular formula is C23H40O8P+. The Kier molecular flexibility index (Phi) is 15.4. The van der Waals surface area contributed by atoms with E-state index in [2.05, 4.69) is 6.92 Å². The average Bonchev–Trinajstić information content (AvgIpc) is 3.03. The summed E-state index contributed by atoms with van der Waals surface area (Å²) in [6, 6.07) is 0. The Hall–Kier alpha value is -1.37. The van der Waals surface area contributed by atoms with E-state index in [1.54, 1.807) is 0 Å². The lowest BCUT2D eigenvalue weighted by atomic mass is 10.0. The molecule has 1 saturated heterocycles. The van der Waals surface area contributed by atoms with E-state index in [4.69, 9.17) is 14.0 Å². The van der Waals surface area contributed by atoms with Crippen molar-refractivity contribution < 1.29 is 38.1 Å². The molecule has 0 radical (unpaired) electrons. The fourth-order valence-corrected chi connectivity index (χ4v) is 4.13. The summed E-state index contributed by atoms with van der Waals surface area (Å²) in [5.41, 5.74) is 0. The third-order valence-corrected chi connectivity index (χ3v) is 6.01. The molecule has 184 valence electrons. The Morgan fingerprint density at radius 2 is 1.47 bits per heavy atom. The van der Waals surface area contributed by atoms with Crippen molar-refractivity contribution in [2.24, 2.45) is 0 Å². The second-order valence-electron chi connectivity index (χ2n) is 8.43. The van der Waals surface area contributed by atoms with Crippen molar-refractivity contribution in [2.75, 3.05) is 13.3 Å². The second-order valence-corrected chi connectivity index (χ2v) is 9.52. The summed E-state index contributed by atoms with van der Waals surface area (Å²) in [5, 5.41) is 10.0. The predicted molar refractivity (Wildman–Crippen MR) is 121 cm³/mol. The third kappa shape index (κ3) is 12.0. The fraction of sp³-hybridized carbons (Fsp3) is 0.870. The zero-order valence-corrected chi connectivity index (χ0v) is 20.5. The molecule has 1 N–H and O–H groups in total. The van der Waals surface area contributed by atoms with Gasteiger partial charge in [-0.3, -0.25) is 9.59 Å². The van der Waals surface area contributed by atoms with Gasteiger partial charge in [0, 0.05) is 6.42 Å². The molecule has 0 aliphatic carbocycles. The number of aliphatic hydroxyl groups excluding tert-OH is 1. The first-order valence-electron chi connectivity index (χ1n) is 12.0. The van der Waals surface area contributed by atoms with E-state index in [1.807, 2.05) is 0 Å². The van der Waals surface area contributed by atoms with Gasteiger partial charge in [-0.2, -0.15) is 0 Å². The topological polar surface area (TPSA) is 116 Å². The van der Waals surface area contributed by atoms with Crippen LogP contribution in [-0.2, 0) is 32.9 Å². The predicted octanol–water partition coefficient (Wildman–Crippen LogP) is 4.62. The number of ketones is 1. The molecule has 0 aromatic carbocycles. The van der Waals surface area contributed by atoms with Gasteiger partial charge in [0.1, 0.15) is 12.7 Å². The highest BCUT2D eigenvalue weighted by atomic mass is 31.1. The van der Waals surface area contributed by atoms with Gasteiger partial charge < -0.3 is 14.6 Å². The molecule has 4 unspecified atom stereocenters. The Bertz CT molecular complexity index is 595. The summed E-state index contributed by atoms with van der Waals surface area (Å²) in [4.78, 5) is 35.5. The lowest BCUT2D eigenvalue weighted by molar-refractivity contribution is -0.156. The maximum atomic E-state index is 12.0. The number of ether oxygens (including phenoxy) is 2. The van der Waals surface area contributed by atoms with E-state index >= 15 is 0 Å². The van der Waals surface area contributed by atoms with Gasteiger partial charge >= 0.3 is 20.0 Å². The SMILES string of the molecule is CCCCCCCCCCCCCCCC(=O)OCC(O)C1OC(=O)C(O[P+](C)=O)C1=O. The number of carbonyl (C=O) groups is 3. The van der Waals surface area contributed by atoms with Crippen molar-refractivity contribution in [3.8, 4) is 0 Å². The largest absolute Gasteiger partial charge is 0.506 e. The van der Waals surface area contributed by atoms with E-state index in [-0.39, 0.29) is 6.42 Å². The van der Waals surface area contributed by atoms with Crippen LogP contribution in [0.2, 0.25) is 0 Å². The molecule has 1 heterocycles. The van der Waals surface area contributed by atoms with Gasteiger partial charge in [-0.25, -0.2) is 4.79 Å². The molecule has 0 bridgehead atoms.